The summed E-state index contributed by atoms with van der Waals surface area (Å²) in [6.07, 6.45) is 13.4. The van der Waals surface area contributed by atoms with Crippen molar-refractivity contribution in [2.75, 3.05) is 0 Å². The van der Waals surface area contributed by atoms with Gasteiger partial charge >= 0.3 is 5.97 Å². The zero-order valence-electron chi connectivity index (χ0n) is 16.6. The first kappa shape index (κ1) is 20.8. The number of allylic oxidation sites excluding steroid dienone is 2. The molecule has 152 valence electrons. The zero-order valence-corrected chi connectivity index (χ0v) is 16.6. The molecule has 2 saturated heterocycles. The minimum absolute atomic E-state index is 0.0598. The minimum Gasteiger partial charge on any atom is -0.481 e. The lowest BCUT2D eigenvalue weighted by molar-refractivity contribution is -0.137. The Hall–Kier alpha value is -1.91. The molecule has 1 aromatic carbocycles. The first-order valence-electron chi connectivity index (χ1n) is 10.5. The van der Waals surface area contributed by atoms with E-state index in [9.17, 15) is 9.90 Å². The second-order valence-electron chi connectivity index (χ2n) is 8.10. The molecule has 3 rings (SSSR count). The molecular formula is C24H32O4. The Labute approximate surface area is 167 Å². The average molecular weight is 385 g/mol. The van der Waals surface area contributed by atoms with Crippen LogP contribution >= 0.6 is 0 Å². The lowest BCUT2D eigenvalue weighted by atomic mass is 9.77. The average Bonchev–Trinajstić information content (AvgIpc) is 3.30. The molecule has 0 aliphatic carbocycles. The van der Waals surface area contributed by atoms with Gasteiger partial charge in [0, 0.05) is 18.3 Å². The minimum atomic E-state index is -0.733. The van der Waals surface area contributed by atoms with Crippen LogP contribution in [-0.4, -0.2) is 34.5 Å². The van der Waals surface area contributed by atoms with Crippen LogP contribution in [0.2, 0.25) is 0 Å². The number of carboxylic acids is 1. The van der Waals surface area contributed by atoms with E-state index in [0.29, 0.717) is 24.4 Å². The number of unbranched alkanes of at least 4 members (excludes halogenated alkanes) is 1. The summed E-state index contributed by atoms with van der Waals surface area (Å²) in [5, 5.41) is 19.3. The van der Waals surface area contributed by atoms with Gasteiger partial charge < -0.3 is 14.9 Å². The van der Waals surface area contributed by atoms with Crippen LogP contribution in [0.25, 0.3) is 0 Å². The van der Waals surface area contributed by atoms with Gasteiger partial charge in [-0.05, 0) is 43.6 Å². The van der Waals surface area contributed by atoms with E-state index in [0.717, 1.165) is 31.2 Å². The number of ether oxygens (including phenoxy) is 1. The number of carboxylic acid groups (broad SMARTS) is 1. The van der Waals surface area contributed by atoms with Gasteiger partial charge in [0.15, 0.2) is 0 Å². The van der Waals surface area contributed by atoms with Crippen LogP contribution in [0.1, 0.15) is 56.9 Å². The number of rotatable bonds is 10. The Morgan fingerprint density at radius 1 is 1.21 bits per heavy atom. The molecule has 1 aromatic rings. The maximum absolute atomic E-state index is 10.6. The third-order valence-corrected chi connectivity index (χ3v) is 6.19. The maximum atomic E-state index is 10.6. The largest absolute Gasteiger partial charge is 0.481 e. The third kappa shape index (κ3) is 5.33. The first-order valence-corrected chi connectivity index (χ1v) is 10.5. The Bertz CT molecular complexity index is 681. The summed E-state index contributed by atoms with van der Waals surface area (Å²) in [7, 11) is 0. The summed E-state index contributed by atoms with van der Waals surface area (Å²) in [5.41, 5.74) is 1.14. The van der Waals surface area contributed by atoms with Crippen LogP contribution in [0.5, 0.6) is 0 Å². The molecule has 2 aliphatic heterocycles. The Morgan fingerprint density at radius 2 is 1.96 bits per heavy atom. The number of aliphatic hydroxyl groups excluding tert-OH is 1. The summed E-state index contributed by atoms with van der Waals surface area (Å²) < 4.78 is 6.14. The van der Waals surface area contributed by atoms with Gasteiger partial charge in [-0.25, -0.2) is 0 Å². The molecule has 2 N–H and O–H groups in total. The van der Waals surface area contributed by atoms with E-state index in [1.165, 1.54) is 0 Å². The molecule has 2 aliphatic rings. The molecule has 2 unspecified atom stereocenters. The maximum Gasteiger partial charge on any atom is 0.303 e. The molecule has 4 nitrogen and oxygen atoms in total. The quantitative estimate of drug-likeness (QED) is 0.453. The zero-order chi connectivity index (χ0) is 19.9. The number of aliphatic carboxylic acids is 1. The van der Waals surface area contributed by atoms with E-state index in [1.54, 1.807) is 0 Å². The normalized spacial score (nSPS) is 28.9. The number of benzene rings is 1. The highest BCUT2D eigenvalue weighted by Gasteiger charge is 2.46. The van der Waals surface area contributed by atoms with Gasteiger partial charge in [-0.15, -0.1) is 0 Å². The molecule has 2 heterocycles. The van der Waals surface area contributed by atoms with Crippen molar-refractivity contribution in [1.29, 1.82) is 0 Å². The number of fused-ring (bicyclic) bond motifs is 2. The number of carbonyl (C=O) groups is 1. The van der Waals surface area contributed by atoms with Gasteiger partial charge in [-0.2, -0.15) is 0 Å². The second kappa shape index (κ2) is 10.0. The lowest BCUT2D eigenvalue weighted by Crippen LogP contribution is -2.26. The fourth-order valence-electron chi connectivity index (χ4n) is 4.49. The van der Waals surface area contributed by atoms with Crippen LogP contribution in [-0.2, 0) is 9.53 Å². The van der Waals surface area contributed by atoms with Crippen LogP contribution in [0, 0.1) is 11.8 Å². The molecule has 0 amide bonds. The van der Waals surface area contributed by atoms with Crippen molar-refractivity contribution < 1.29 is 19.7 Å². The predicted octanol–water partition coefficient (Wildman–Crippen LogP) is 4.70. The van der Waals surface area contributed by atoms with Crippen molar-refractivity contribution in [3.63, 3.8) is 0 Å². The molecule has 2 fully saturated rings. The Balaban J connectivity index is 1.54. The summed E-state index contributed by atoms with van der Waals surface area (Å²) in [5.74, 6) is 0.123. The highest BCUT2D eigenvalue weighted by molar-refractivity contribution is 5.66. The monoisotopic (exact) mass is 384 g/mol. The van der Waals surface area contributed by atoms with Gasteiger partial charge in [0.25, 0.3) is 0 Å². The molecule has 2 bridgehead atoms. The van der Waals surface area contributed by atoms with E-state index < -0.39 is 12.1 Å². The lowest BCUT2D eigenvalue weighted by Gasteiger charge is -2.25. The first-order chi connectivity index (χ1) is 13.6. The van der Waals surface area contributed by atoms with E-state index >= 15 is 0 Å². The SMILES string of the molecule is CC(c1ccccc1)C(O)/C=C/[C@H]1[C@@H](C/C=C/CCCC(=O)O)[C@@H]2CC[C@H]1O2. The summed E-state index contributed by atoms with van der Waals surface area (Å²) >= 11 is 0. The Kier molecular flexibility index (Phi) is 7.46. The summed E-state index contributed by atoms with van der Waals surface area (Å²) in [4.78, 5) is 10.6. The van der Waals surface area contributed by atoms with E-state index in [2.05, 4.69) is 37.3 Å². The molecule has 0 saturated carbocycles. The van der Waals surface area contributed by atoms with Gasteiger partial charge in [-0.3, -0.25) is 4.79 Å². The summed E-state index contributed by atoms with van der Waals surface area (Å²) in [6, 6.07) is 10.1. The number of hydrogen-bond acceptors (Lipinski definition) is 3. The fraction of sp³-hybridized carbons (Fsp3) is 0.542. The molecule has 6 atom stereocenters. The smallest absolute Gasteiger partial charge is 0.303 e. The molecule has 0 radical (unpaired) electrons. The highest BCUT2D eigenvalue weighted by atomic mass is 16.5. The standard InChI is InChI=1S/C24H32O4/c1-17(18-9-5-4-6-10-18)21(25)14-13-20-19(22-15-16-23(20)28-22)11-7-2-3-8-12-24(26)27/h2,4-7,9-10,13-14,17,19-23,25H,3,8,11-12,15-16H2,1H3,(H,26,27)/b7-2+,14-13+/t17?,19-,20+,21?,22+,23-/m1/s1. The van der Waals surface area contributed by atoms with Crippen molar-refractivity contribution in [1.82, 2.24) is 0 Å². The van der Waals surface area contributed by atoms with Crippen LogP contribution in [0.3, 0.4) is 0 Å². The van der Waals surface area contributed by atoms with Gasteiger partial charge in [0.2, 0.25) is 0 Å². The summed E-state index contributed by atoms with van der Waals surface area (Å²) in [6.45, 7) is 2.05. The van der Waals surface area contributed by atoms with Crippen LogP contribution < -0.4 is 0 Å². The van der Waals surface area contributed by atoms with Gasteiger partial charge in [0.05, 0.1) is 18.3 Å². The van der Waals surface area contributed by atoms with E-state index in [-0.39, 0.29) is 18.4 Å². The molecule has 0 aromatic heterocycles. The molecule has 4 heteroatoms. The van der Waals surface area contributed by atoms with Crippen molar-refractivity contribution in [2.45, 2.75) is 69.7 Å². The second-order valence-corrected chi connectivity index (χ2v) is 8.10. The molecule has 0 spiro atoms. The van der Waals surface area contributed by atoms with Gasteiger partial charge in [-0.1, -0.05) is 61.6 Å². The van der Waals surface area contributed by atoms with Crippen molar-refractivity contribution in [3.8, 4) is 0 Å². The van der Waals surface area contributed by atoms with Crippen molar-refractivity contribution in [2.24, 2.45) is 11.8 Å². The van der Waals surface area contributed by atoms with Crippen molar-refractivity contribution >= 4 is 5.97 Å². The molecular weight excluding hydrogens is 352 g/mol. The van der Waals surface area contributed by atoms with Crippen LogP contribution in [0.4, 0.5) is 0 Å². The topological polar surface area (TPSA) is 66.8 Å². The highest BCUT2D eigenvalue weighted by Crippen LogP contribution is 2.46. The van der Waals surface area contributed by atoms with Crippen molar-refractivity contribution in [3.05, 3.63) is 60.2 Å². The van der Waals surface area contributed by atoms with Gasteiger partial charge in [0.1, 0.15) is 0 Å². The van der Waals surface area contributed by atoms with Crippen LogP contribution in [0.15, 0.2) is 54.6 Å². The number of hydrogen-bond donors (Lipinski definition) is 2. The third-order valence-electron chi connectivity index (χ3n) is 6.19. The Morgan fingerprint density at radius 3 is 2.71 bits per heavy atom. The van der Waals surface area contributed by atoms with E-state index in [4.69, 9.17) is 9.84 Å². The number of aliphatic hydroxyl groups is 1. The predicted molar refractivity (Wildman–Crippen MR) is 110 cm³/mol. The molecule has 28 heavy (non-hydrogen) atoms. The van der Waals surface area contributed by atoms with E-state index in [1.807, 2.05) is 24.3 Å². The fourth-order valence-corrected chi connectivity index (χ4v) is 4.49.